The number of ether oxygens (including phenoxy) is 2. The first-order valence-electron chi connectivity index (χ1n) is 7.67. The molecule has 3 rings (SSSR count). The van der Waals surface area contributed by atoms with Crippen LogP contribution in [0.4, 0.5) is 0 Å². The molecule has 126 valence electrons. The lowest BCUT2D eigenvalue weighted by Gasteiger charge is -2.25. The van der Waals surface area contributed by atoms with Crippen LogP contribution in [0.5, 0.6) is 11.5 Å². The summed E-state index contributed by atoms with van der Waals surface area (Å²) in [5, 5.41) is 3.51. The fraction of sp³-hybridized carbons (Fsp3) is 0.278. The molecule has 0 saturated carbocycles. The average Bonchev–Trinajstić information content (AvgIpc) is 2.59. The lowest BCUT2D eigenvalue weighted by atomic mass is 9.97. The van der Waals surface area contributed by atoms with Gasteiger partial charge in [0.25, 0.3) is 5.91 Å². The maximum atomic E-state index is 12.0. The molecular weight excluding hydrogens is 394 g/mol. The average molecular weight is 411 g/mol. The second kappa shape index (κ2) is 7.90. The second-order valence-corrected chi connectivity index (χ2v) is 6.95. The van der Waals surface area contributed by atoms with Gasteiger partial charge in [-0.3, -0.25) is 4.79 Å². The Morgan fingerprint density at radius 3 is 3.00 bits per heavy atom. The third-order valence-corrected chi connectivity index (χ3v) is 4.65. The molecule has 4 nitrogen and oxygen atoms in total. The summed E-state index contributed by atoms with van der Waals surface area (Å²) in [7, 11) is 0. The van der Waals surface area contributed by atoms with Gasteiger partial charge in [0.05, 0.1) is 11.1 Å². The van der Waals surface area contributed by atoms with Crippen molar-refractivity contribution in [2.75, 3.05) is 19.8 Å². The Morgan fingerprint density at radius 1 is 1.33 bits per heavy atom. The number of carbonyl (C=O) groups is 1. The molecule has 0 bridgehead atoms. The topological polar surface area (TPSA) is 47.6 Å². The predicted molar refractivity (Wildman–Crippen MR) is 96.8 cm³/mol. The molecule has 0 aromatic heterocycles. The Labute approximate surface area is 154 Å². The SMILES string of the molecule is O=C(COc1ccc(Cl)cc1Br)NCC1COc2ccccc2C1. The van der Waals surface area contributed by atoms with E-state index in [0.717, 1.165) is 16.6 Å². The second-order valence-electron chi connectivity index (χ2n) is 5.66. The van der Waals surface area contributed by atoms with Gasteiger partial charge in [0.1, 0.15) is 11.5 Å². The molecule has 2 aromatic rings. The van der Waals surface area contributed by atoms with Crippen molar-refractivity contribution < 1.29 is 14.3 Å². The van der Waals surface area contributed by atoms with Crippen molar-refractivity contribution in [2.24, 2.45) is 5.92 Å². The smallest absolute Gasteiger partial charge is 0.257 e. The molecule has 24 heavy (non-hydrogen) atoms. The molecule has 1 heterocycles. The van der Waals surface area contributed by atoms with Gasteiger partial charge in [0.15, 0.2) is 6.61 Å². The van der Waals surface area contributed by atoms with E-state index in [9.17, 15) is 4.79 Å². The number of para-hydroxylation sites is 1. The molecule has 2 aromatic carbocycles. The number of hydrogen-bond acceptors (Lipinski definition) is 3. The van der Waals surface area contributed by atoms with E-state index in [2.05, 4.69) is 27.3 Å². The van der Waals surface area contributed by atoms with Crippen molar-refractivity contribution in [3.8, 4) is 11.5 Å². The Bertz CT molecular complexity index is 738. The van der Waals surface area contributed by atoms with Crippen LogP contribution < -0.4 is 14.8 Å². The van der Waals surface area contributed by atoms with Crippen molar-refractivity contribution in [3.63, 3.8) is 0 Å². The van der Waals surface area contributed by atoms with Crippen molar-refractivity contribution in [1.82, 2.24) is 5.32 Å². The van der Waals surface area contributed by atoms with Gasteiger partial charge in [-0.1, -0.05) is 29.8 Å². The molecule has 0 radical (unpaired) electrons. The van der Waals surface area contributed by atoms with Crippen LogP contribution >= 0.6 is 27.5 Å². The van der Waals surface area contributed by atoms with Gasteiger partial charge in [0.2, 0.25) is 0 Å². The summed E-state index contributed by atoms with van der Waals surface area (Å²) in [6.45, 7) is 1.14. The van der Waals surface area contributed by atoms with E-state index in [1.54, 1.807) is 18.2 Å². The summed E-state index contributed by atoms with van der Waals surface area (Å²) in [6, 6.07) is 13.2. The fourth-order valence-corrected chi connectivity index (χ4v) is 3.36. The summed E-state index contributed by atoms with van der Waals surface area (Å²) < 4.78 is 11.9. The zero-order chi connectivity index (χ0) is 16.9. The third-order valence-electron chi connectivity index (χ3n) is 3.80. The van der Waals surface area contributed by atoms with E-state index < -0.39 is 0 Å². The van der Waals surface area contributed by atoms with E-state index in [0.29, 0.717) is 23.9 Å². The molecule has 6 heteroatoms. The Balaban J connectivity index is 1.45. The molecule has 1 unspecified atom stereocenters. The highest BCUT2D eigenvalue weighted by Crippen LogP contribution is 2.28. The maximum Gasteiger partial charge on any atom is 0.257 e. The van der Waals surface area contributed by atoms with Gasteiger partial charge in [-0.25, -0.2) is 0 Å². The van der Waals surface area contributed by atoms with Crippen LogP contribution in [0.25, 0.3) is 0 Å². The van der Waals surface area contributed by atoms with Gasteiger partial charge in [-0.15, -0.1) is 0 Å². The van der Waals surface area contributed by atoms with E-state index in [1.165, 1.54) is 5.56 Å². The molecule has 0 fully saturated rings. The first-order valence-corrected chi connectivity index (χ1v) is 8.84. The number of benzene rings is 2. The van der Waals surface area contributed by atoms with Crippen LogP contribution in [0.3, 0.4) is 0 Å². The highest BCUT2D eigenvalue weighted by Gasteiger charge is 2.20. The number of fused-ring (bicyclic) bond motifs is 1. The lowest BCUT2D eigenvalue weighted by Crippen LogP contribution is -2.37. The largest absolute Gasteiger partial charge is 0.493 e. The van der Waals surface area contributed by atoms with E-state index in [4.69, 9.17) is 21.1 Å². The van der Waals surface area contributed by atoms with Gasteiger partial charge < -0.3 is 14.8 Å². The van der Waals surface area contributed by atoms with Gasteiger partial charge in [0, 0.05) is 17.5 Å². The standard InChI is InChI=1S/C18H17BrClNO3/c19-15-8-14(20)5-6-17(15)24-11-18(22)21-9-12-7-13-3-1-2-4-16(13)23-10-12/h1-6,8,12H,7,9-11H2,(H,21,22). The number of amides is 1. The molecule has 1 amide bonds. The molecule has 0 spiro atoms. The number of rotatable bonds is 5. The van der Waals surface area contributed by atoms with E-state index >= 15 is 0 Å². The molecular formula is C18H17BrClNO3. The molecule has 1 aliphatic rings. The van der Waals surface area contributed by atoms with Crippen LogP contribution in [0.1, 0.15) is 5.56 Å². The Morgan fingerprint density at radius 2 is 2.17 bits per heavy atom. The summed E-state index contributed by atoms with van der Waals surface area (Å²) in [5.41, 5.74) is 1.18. The first-order chi connectivity index (χ1) is 11.6. The number of nitrogens with one attached hydrogen (secondary N) is 1. The zero-order valence-corrected chi connectivity index (χ0v) is 15.3. The van der Waals surface area contributed by atoms with Crippen LogP contribution in [0, 0.1) is 5.92 Å². The highest BCUT2D eigenvalue weighted by atomic mass is 79.9. The van der Waals surface area contributed by atoms with Crippen molar-refractivity contribution in [1.29, 1.82) is 0 Å². The first kappa shape index (κ1) is 17.1. The van der Waals surface area contributed by atoms with Gasteiger partial charge in [-0.2, -0.15) is 0 Å². The minimum Gasteiger partial charge on any atom is -0.493 e. The molecule has 0 aliphatic carbocycles. The summed E-state index contributed by atoms with van der Waals surface area (Å²) in [4.78, 5) is 12.0. The third kappa shape index (κ3) is 4.42. The summed E-state index contributed by atoms with van der Waals surface area (Å²) in [5.74, 6) is 1.64. The Kier molecular flexibility index (Phi) is 5.63. The summed E-state index contributed by atoms with van der Waals surface area (Å²) in [6.07, 6.45) is 0.903. The normalized spacial score (nSPS) is 16.0. The van der Waals surface area contributed by atoms with Crippen molar-refractivity contribution in [3.05, 3.63) is 57.5 Å². The minimum absolute atomic E-state index is 0.0373. The van der Waals surface area contributed by atoms with Gasteiger partial charge in [-0.05, 0) is 52.2 Å². The molecule has 1 atom stereocenters. The maximum absolute atomic E-state index is 12.0. The highest BCUT2D eigenvalue weighted by molar-refractivity contribution is 9.10. The van der Waals surface area contributed by atoms with E-state index in [-0.39, 0.29) is 18.4 Å². The monoisotopic (exact) mass is 409 g/mol. The zero-order valence-electron chi connectivity index (χ0n) is 12.9. The van der Waals surface area contributed by atoms with Crippen molar-refractivity contribution in [2.45, 2.75) is 6.42 Å². The van der Waals surface area contributed by atoms with Gasteiger partial charge >= 0.3 is 0 Å². The van der Waals surface area contributed by atoms with Crippen LogP contribution in [-0.2, 0) is 11.2 Å². The minimum atomic E-state index is -0.157. The lowest BCUT2D eigenvalue weighted by molar-refractivity contribution is -0.123. The van der Waals surface area contributed by atoms with Crippen LogP contribution in [0.2, 0.25) is 5.02 Å². The summed E-state index contributed by atoms with van der Waals surface area (Å²) >= 11 is 9.23. The predicted octanol–water partition coefficient (Wildman–Crippen LogP) is 3.85. The quantitative estimate of drug-likeness (QED) is 0.814. The van der Waals surface area contributed by atoms with Crippen LogP contribution in [0.15, 0.2) is 46.9 Å². The molecule has 1 N–H and O–H groups in total. The molecule has 0 saturated heterocycles. The number of carbonyl (C=O) groups excluding carboxylic acids is 1. The number of halogens is 2. The van der Waals surface area contributed by atoms with Crippen molar-refractivity contribution >= 4 is 33.4 Å². The Hall–Kier alpha value is -1.72. The van der Waals surface area contributed by atoms with E-state index in [1.807, 2.05) is 18.2 Å². The number of hydrogen-bond donors (Lipinski definition) is 1. The molecule has 1 aliphatic heterocycles. The van der Waals surface area contributed by atoms with Crippen LogP contribution in [-0.4, -0.2) is 25.7 Å². The fourth-order valence-electron chi connectivity index (χ4n) is 2.57.